The van der Waals surface area contributed by atoms with E-state index in [1.165, 1.54) is 0 Å². The fourth-order valence-corrected chi connectivity index (χ4v) is 4.05. The highest BCUT2D eigenvalue weighted by atomic mass is 16.7. The highest BCUT2D eigenvalue weighted by Crippen LogP contribution is 2.37. The van der Waals surface area contributed by atoms with E-state index in [2.05, 4.69) is 9.97 Å². The van der Waals surface area contributed by atoms with Gasteiger partial charge in [-0.1, -0.05) is 24.3 Å². The van der Waals surface area contributed by atoms with E-state index in [4.69, 9.17) is 14.0 Å². The molecule has 3 heterocycles. The van der Waals surface area contributed by atoms with Crippen LogP contribution in [0.3, 0.4) is 0 Å². The third kappa shape index (κ3) is 4.81. The van der Waals surface area contributed by atoms with Crippen molar-refractivity contribution in [2.45, 2.75) is 83.8 Å². The van der Waals surface area contributed by atoms with Crippen LogP contribution in [0.25, 0.3) is 11.3 Å². The lowest BCUT2D eigenvalue weighted by atomic mass is 9.79. The monoisotopic (exact) mass is 455 g/mol. The quantitative estimate of drug-likeness (QED) is 0.689. The molecule has 2 aliphatic heterocycles. The maximum absolute atomic E-state index is 12.6. The number of H-pyrrole nitrogens is 1. The molecular formula is C24H34BN3O5. The van der Waals surface area contributed by atoms with Crippen LogP contribution in [-0.2, 0) is 14.0 Å². The van der Waals surface area contributed by atoms with Crippen molar-refractivity contribution >= 4 is 18.7 Å². The fourth-order valence-electron chi connectivity index (χ4n) is 4.05. The van der Waals surface area contributed by atoms with Crippen molar-refractivity contribution < 1.29 is 23.9 Å². The second-order valence-corrected chi connectivity index (χ2v) is 10.9. The molecule has 2 fully saturated rings. The minimum absolute atomic E-state index is 0.221. The van der Waals surface area contributed by atoms with Crippen molar-refractivity contribution in [2.75, 3.05) is 6.54 Å². The van der Waals surface area contributed by atoms with Crippen LogP contribution in [0.4, 0.5) is 4.79 Å². The summed E-state index contributed by atoms with van der Waals surface area (Å²) >= 11 is 0. The molecule has 9 heteroatoms. The van der Waals surface area contributed by atoms with Gasteiger partial charge in [0.1, 0.15) is 11.4 Å². The molecule has 1 aromatic heterocycles. The van der Waals surface area contributed by atoms with E-state index in [0.717, 1.165) is 16.7 Å². The highest BCUT2D eigenvalue weighted by Gasteiger charge is 2.51. The Labute approximate surface area is 195 Å². The lowest BCUT2D eigenvalue weighted by molar-refractivity contribution is 0.00578. The molecule has 2 saturated heterocycles. The number of rotatable bonds is 3. The number of imidazole rings is 1. The molecule has 4 rings (SSSR count). The first kappa shape index (κ1) is 23.8. The number of aromatic amines is 1. The van der Waals surface area contributed by atoms with Gasteiger partial charge in [0.05, 0.1) is 41.8 Å². The summed E-state index contributed by atoms with van der Waals surface area (Å²) < 4.78 is 17.8. The Kier molecular flexibility index (Phi) is 5.87. The van der Waals surface area contributed by atoms with Crippen LogP contribution in [0.2, 0.25) is 0 Å². The zero-order valence-corrected chi connectivity index (χ0v) is 20.5. The van der Waals surface area contributed by atoms with Crippen molar-refractivity contribution in [1.82, 2.24) is 14.9 Å². The number of ether oxygens (including phenoxy) is 1. The van der Waals surface area contributed by atoms with E-state index in [1.807, 2.05) is 72.7 Å². The number of hydrogen-bond donors (Lipinski definition) is 2. The van der Waals surface area contributed by atoms with Crippen molar-refractivity contribution in [1.29, 1.82) is 0 Å². The number of carbonyl (C=O) groups is 1. The average Bonchev–Trinajstić information content (AvgIpc) is 3.37. The van der Waals surface area contributed by atoms with E-state index < -0.39 is 24.9 Å². The smallest absolute Gasteiger partial charge is 0.444 e. The van der Waals surface area contributed by atoms with Gasteiger partial charge in [0.25, 0.3) is 0 Å². The second-order valence-electron chi connectivity index (χ2n) is 10.9. The molecule has 0 bridgehead atoms. The number of nitrogens with zero attached hydrogens (tertiary/aromatic N) is 2. The van der Waals surface area contributed by atoms with E-state index in [1.54, 1.807) is 11.1 Å². The summed E-state index contributed by atoms with van der Waals surface area (Å²) in [5.41, 5.74) is 1.35. The van der Waals surface area contributed by atoms with Crippen LogP contribution in [0.15, 0.2) is 30.5 Å². The summed E-state index contributed by atoms with van der Waals surface area (Å²) in [6.45, 7) is 13.8. The van der Waals surface area contributed by atoms with Gasteiger partial charge in [-0.05, 0) is 59.5 Å². The number of hydrogen-bond acceptors (Lipinski definition) is 6. The Morgan fingerprint density at radius 1 is 1.18 bits per heavy atom. The van der Waals surface area contributed by atoms with Crippen LogP contribution in [0.5, 0.6) is 0 Å². The number of aliphatic hydroxyl groups excluding tert-OH is 1. The third-order valence-electron chi connectivity index (χ3n) is 6.57. The summed E-state index contributed by atoms with van der Waals surface area (Å²) in [6, 6.07) is 7.60. The lowest BCUT2D eigenvalue weighted by Gasteiger charge is -2.32. The zero-order chi connectivity index (χ0) is 24.2. The zero-order valence-electron chi connectivity index (χ0n) is 20.5. The van der Waals surface area contributed by atoms with Crippen LogP contribution in [0.1, 0.15) is 66.8 Å². The fraction of sp³-hybridized carbons (Fsp3) is 0.583. The van der Waals surface area contributed by atoms with Gasteiger partial charge in [-0.25, -0.2) is 9.78 Å². The van der Waals surface area contributed by atoms with Crippen LogP contribution in [0, 0.1) is 0 Å². The highest BCUT2D eigenvalue weighted by molar-refractivity contribution is 6.62. The van der Waals surface area contributed by atoms with E-state index in [-0.39, 0.29) is 23.8 Å². The Balaban J connectivity index is 1.50. The van der Waals surface area contributed by atoms with E-state index in [0.29, 0.717) is 12.2 Å². The Hall–Kier alpha value is -2.36. The minimum Gasteiger partial charge on any atom is -0.444 e. The maximum Gasteiger partial charge on any atom is 0.494 e. The SMILES string of the molecule is CC(C)(C)OC(=O)N1CC(O)CC1c1ncc(-c2ccc(B3OC(C)(C)C(C)(C)O3)cc2)[nH]1. The largest absolute Gasteiger partial charge is 0.494 e. The molecule has 2 N–H and O–H groups in total. The standard InChI is InChI=1S/C24H34BN3O5/c1-22(2,3)31-21(30)28-14-17(29)12-19(28)20-26-13-18(27-20)15-8-10-16(11-9-15)25-32-23(4,5)24(6,7)33-25/h8-11,13,17,19,29H,12,14H2,1-7H3,(H,26,27). The molecule has 0 aliphatic carbocycles. The minimum atomic E-state index is -0.615. The van der Waals surface area contributed by atoms with Gasteiger partial charge in [-0.3, -0.25) is 4.90 Å². The number of benzene rings is 1. The Morgan fingerprint density at radius 3 is 2.36 bits per heavy atom. The Bertz CT molecular complexity index is 996. The molecule has 2 unspecified atom stereocenters. The molecular weight excluding hydrogens is 421 g/mol. The Morgan fingerprint density at radius 2 is 1.79 bits per heavy atom. The third-order valence-corrected chi connectivity index (χ3v) is 6.57. The molecule has 1 aromatic carbocycles. The molecule has 0 spiro atoms. The lowest BCUT2D eigenvalue weighted by Crippen LogP contribution is -2.41. The summed E-state index contributed by atoms with van der Waals surface area (Å²) in [6.07, 6.45) is 1.09. The van der Waals surface area contributed by atoms with Gasteiger partial charge in [0.2, 0.25) is 0 Å². The number of aromatic nitrogens is 2. The van der Waals surface area contributed by atoms with Gasteiger partial charge in [-0.2, -0.15) is 0 Å². The van der Waals surface area contributed by atoms with Crippen LogP contribution < -0.4 is 5.46 Å². The van der Waals surface area contributed by atoms with Gasteiger partial charge in [-0.15, -0.1) is 0 Å². The molecule has 1 amide bonds. The molecule has 2 aliphatic rings. The van der Waals surface area contributed by atoms with Gasteiger partial charge in [0.15, 0.2) is 0 Å². The van der Waals surface area contributed by atoms with Crippen molar-refractivity contribution in [3.8, 4) is 11.3 Å². The van der Waals surface area contributed by atoms with E-state index in [9.17, 15) is 9.90 Å². The molecule has 0 radical (unpaired) electrons. The summed E-state index contributed by atoms with van der Waals surface area (Å²) in [7, 11) is -0.413. The second kappa shape index (κ2) is 8.15. The average molecular weight is 455 g/mol. The predicted molar refractivity (Wildman–Crippen MR) is 126 cm³/mol. The number of amides is 1. The summed E-state index contributed by atoms with van der Waals surface area (Å²) in [4.78, 5) is 22.0. The number of β-amino-alcohol motifs (C(OH)–C–C–N with tert-alkyl or cyclic N) is 1. The number of likely N-dealkylation sites (tertiary alicyclic amines) is 1. The molecule has 178 valence electrons. The normalized spacial score (nSPS) is 24.4. The first-order valence-electron chi connectivity index (χ1n) is 11.4. The number of nitrogens with one attached hydrogen (secondary N) is 1. The topological polar surface area (TPSA) is 96.9 Å². The predicted octanol–water partition coefficient (Wildman–Crippen LogP) is 3.42. The molecule has 2 atom stereocenters. The number of aliphatic hydroxyl groups is 1. The van der Waals surface area contributed by atoms with Crippen molar-refractivity contribution in [3.05, 3.63) is 36.3 Å². The number of carbonyl (C=O) groups excluding carboxylic acids is 1. The van der Waals surface area contributed by atoms with Crippen molar-refractivity contribution in [2.24, 2.45) is 0 Å². The molecule has 33 heavy (non-hydrogen) atoms. The molecule has 2 aromatic rings. The van der Waals surface area contributed by atoms with Gasteiger partial charge < -0.3 is 24.1 Å². The van der Waals surface area contributed by atoms with Crippen LogP contribution in [-0.4, -0.2) is 62.6 Å². The first-order valence-corrected chi connectivity index (χ1v) is 11.4. The van der Waals surface area contributed by atoms with Gasteiger partial charge >= 0.3 is 13.2 Å². The summed E-state index contributed by atoms with van der Waals surface area (Å²) in [5, 5.41) is 10.2. The molecule has 0 saturated carbocycles. The van der Waals surface area contributed by atoms with E-state index >= 15 is 0 Å². The molecule has 8 nitrogen and oxygen atoms in total. The van der Waals surface area contributed by atoms with Gasteiger partial charge in [0, 0.05) is 6.42 Å². The van der Waals surface area contributed by atoms with Crippen molar-refractivity contribution in [3.63, 3.8) is 0 Å². The van der Waals surface area contributed by atoms with Crippen LogP contribution >= 0.6 is 0 Å². The summed E-state index contributed by atoms with van der Waals surface area (Å²) in [5.74, 6) is 0.627. The maximum atomic E-state index is 12.6. The first-order chi connectivity index (χ1) is 15.3.